The molecule has 2 bridgehead atoms. The summed E-state index contributed by atoms with van der Waals surface area (Å²) in [6.07, 6.45) is 1.73. The number of nitrogens with zero attached hydrogens (tertiary/aromatic N) is 2. The van der Waals surface area contributed by atoms with Gasteiger partial charge in [-0.1, -0.05) is 0 Å². The lowest BCUT2D eigenvalue weighted by Crippen LogP contribution is -2.65. The summed E-state index contributed by atoms with van der Waals surface area (Å²) < 4.78 is 5.70. The van der Waals surface area contributed by atoms with Crippen molar-refractivity contribution in [1.82, 2.24) is 9.80 Å². The Hall–Kier alpha value is -1.50. The highest BCUT2D eigenvalue weighted by Gasteiger charge is 2.55. The van der Waals surface area contributed by atoms with Crippen LogP contribution in [0, 0.1) is 0 Å². The molecule has 2 amide bonds. The van der Waals surface area contributed by atoms with Gasteiger partial charge in [0.05, 0.1) is 24.3 Å². The van der Waals surface area contributed by atoms with E-state index in [4.69, 9.17) is 9.84 Å². The number of carbonyl (C=O) groups is 2. The van der Waals surface area contributed by atoms with Crippen molar-refractivity contribution < 1.29 is 24.5 Å². The first-order valence-electron chi connectivity index (χ1n) is 6.63. The van der Waals surface area contributed by atoms with Gasteiger partial charge in [0.1, 0.15) is 0 Å². The molecule has 2 atom stereocenters. The quantitative estimate of drug-likeness (QED) is 0.799. The Bertz CT molecular complexity index is 411. The number of fused-ring (bicyclic) bond motifs is 2. The smallest absolute Gasteiger partial charge is 0.408 e. The standard InChI is InChI=1S/C12H18N2O5/c15-10(16)13-5-8-3-4-12(6-13,14(8)11(17)18)7-19-9-1-2-9/h8-9H,1-7H2,(H,15,16)(H,17,18)/t8-,12+/m0/s1. The Morgan fingerprint density at radius 1 is 1.21 bits per heavy atom. The molecule has 2 N–H and O–H groups in total. The van der Waals surface area contributed by atoms with Gasteiger partial charge in [0.25, 0.3) is 0 Å². The number of likely N-dealkylation sites (tertiary alicyclic amines) is 1. The number of ether oxygens (including phenoxy) is 1. The van der Waals surface area contributed by atoms with Crippen molar-refractivity contribution >= 4 is 12.2 Å². The average molecular weight is 270 g/mol. The van der Waals surface area contributed by atoms with Crippen LogP contribution in [0.3, 0.4) is 0 Å². The molecule has 19 heavy (non-hydrogen) atoms. The molecule has 7 heteroatoms. The first-order chi connectivity index (χ1) is 9.02. The van der Waals surface area contributed by atoms with Gasteiger partial charge in [-0.25, -0.2) is 9.59 Å². The predicted octanol–water partition coefficient (Wildman–Crippen LogP) is 1.04. The third kappa shape index (κ3) is 2.11. The molecule has 0 unspecified atom stereocenters. The Balaban J connectivity index is 1.81. The Morgan fingerprint density at radius 2 is 1.95 bits per heavy atom. The maximum atomic E-state index is 11.5. The van der Waals surface area contributed by atoms with Gasteiger partial charge in [-0.05, 0) is 25.7 Å². The van der Waals surface area contributed by atoms with Gasteiger partial charge >= 0.3 is 12.2 Å². The fraction of sp³-hybridized carbons (Fsp3) is 0.833. The van der Waals surface area contributed by atoms with E-state index in [0.29, 0.717) is 19.4 Å². The summed E-state index contributed by atoms with van der Waals surface area (Å²) in [7, 11) is 0. The molecule has 3 rings (SSSR count). The topological polar surface area (TPSA) is 90.3 Å². The third-order valence-electron chi connectivity index (χ3n) is 4.32. The van der Waals surface area contributed by atoms with Crippen LogP contribution in [-0.2, 0) is 4.74 Å². The zero-order chi connectivity index (χ0) is 13.6. The van der Waals surface area contributed by atoms with Crippen LogP contribution in [0.1, 0.15) is 25.7 Å². The summed E-state index contributed by atoms with van der Waals surface area (Å²) in [5, 5.41) is 18.5. The molecule has 3 aliphatic rings. The van der Waals surface area contributed by atoms with Crippen LogP contribution < -0.4 is 0 Å². The van der Waals surface area contributed by atoms with Crippen molar-refractivity contribution in [1.29, 1.82) is 0 Å². The number of amides is 2. The molecule has 1 saturated carbocycles. The van der Waals surface area contributed by atoms with E-state index in [1.807, 2.05) is 0 Å². The number of rotatable bonds is 3. The Labute approximate surface area is 110 Å². The highest BCUT2D eigenvalue weighted by Crippen LogP contribution is 2.40. The fourth-order valence-corrected chi connectivity index (χ4v) is 3.27. The second-order valence-electron chi connectivity index (χ2n) is 5.74. The lowest BCUT2D eigenvalue weighted by molar-refractivity contribution is -0.0396. The van der Waals surface area contributed by atoms with Crippen LogP contribution in [0.4, 0.5) is 9.59 Å². The molecule has 2 heterocycles. The van der Waals surface area contributed by atoms with Crippen LogP contribution in [-0.4, -0.2) is 69.6 Å². The maximum absolute atomic E-state index is 11.5. The zero-order valence-corrected chi connectivity index (χ0v) is 10.6. The summed E-state index contributed by atoms with van der Waals surface area (Å²) >= 11 is 0. The molecule has 106 valence electrons. The van der Waals surface area contributed by atoms with Crippen molar-refractivity contribution in [3.8, 4) is 0 Å². The predicted molar refractivity (Wildman–Crippen MR) is 64.2 cm³/mol. The van der Waals surface area contributed by atoms with E-state index in [-0.39, 0.29) is 25.2 Å². The summed E-state index contributed by atoms with van der Waals surface area (Å²) in [5.41, 5.74) is -0.685. The van der Waals surface area contributed by atoms with Gasteiger partial charge in [-0.15, -0.1) is 0 Å². The van der Waals surface area contributed by atoms with E-state index in [1.165, 1.54) is 9.80 Å². The Kier molecular flexibility index (Phi) is 2.81. The fourth-order valence-electron chi connectivity index (χ4n) is 3.27. The minimum Gasteiger partial charge on any atom is -0.465 e. The minimum atomic E-state index is -0.979. The van der Waals surface area contributed by atoms with E-state index in [1.54, 1.807) is 0 Å². The van der Waals surface area contributed by atoms with Crippen molar-refractivity contribution in [2.24, 2.45) is 0 Å². The number of hydrogen-bond acceptors (Lipinski definition) is 3. The Morgan fingerprint density at radius 3 is 2.53 bits per heavy atom. The highest BCUT2D eigenvalue weighted by molar-refractivity contribution is 5.70. The van der Waals surface area contributed by atoms with Gasteiger partial charge in [-0.3, -0.25) is 4.90 Å². The van der Waals surface area contributed by atoms with E-state index in [0.717, 1.165) is 12.8 Å². The molecule has 0 aromatic heterocycles. The van der Waals surface area contributed by atoms with Crippen molar-refractivity contribution in [3.63, 3.8) is 0 Å². The lowest BCUT2D eigenvalue weighted by atomic mass is 9.96. The first-order valence-corrected chi connectivity index (χ1v) is 6.63. The molecular formula is C12H18N2O5. The largest absolute Gasteiger partial charge is 0.465 e. The molecule has 0 radical (unpaired) electrons. The van der Waals surface area contributed by atoms with Crippen LogP contribution in [0.15, 0.2) is 0 Å². The van der Waals surface area contributed by atoms with E-state index < -0.39 is 17.7 Å². The number of hydrogen-bond donors (Lipinski definition) is 2. The minimum absolute atomic E-state index is 0.220. The third-order valence-corrected chi connectivity index (χ3v) is 4.32. The number of piperazine rings is 1. The van der Waals surface area contributed by atoms with Crippen molar-refractivity contribution in [2.75, 3.05) is 19.7 Å². The molecular weight excluding hydrogens is 252 g/mol. The number of carboxylic acid groups (broad SMARTS) is 2. The molecule has 2 aliphatic heterocycles. The molecule has 7 nitrogen and oxygen atoms in total. The molecule has 0 aromatic rings. The summed E-state index contributed by atoms with van der Waals surface area (Å²) in [4.78, 5) is 25.4. The molecule has 1 aliphatic carbocycles. The maximum Gasteiger partial charge on any atom is 0.408 e. The van der Waals surface area contributed by atoms with Crippen LogP contribution in [0.5, 0.6) is 0 Å². The SMILES string of the molecule is O=C(O)N1C[C@@H]2CC[C@](COC3CC3)(C1)N2C(=O)O. The van der Waals surface area contributed by atoms with Crippen molar-refractivity contribution in [3.05, 3.63) is 0 Å². The van der Waals surface area contributed by atoms with Gasteiger partial charge in [0.2, 0.25) is 0 Å². The normalized spacial score (nSPS) is 33.6. The molecule has 3 fully saturated rings. The molecule has 0 spiro atoms. The highest BCUT2D eigenvalue weighted by atomic mass is 16.5. The van der Waals surface area contributed by atoms with Crippen molar-refractivity contribution in [2.45, 2.75) is 43.4 Å². The van der Waals surface area contributed by atoms with Gasteiger partial charge < -0.3 is 19.8 Å². The summed E-state index contributed by atoms with van der Waals surface area (Å²) in [6.45, 7) is 0.801. The lowest BCUT2D eigenvalue weighted by Gasteiger charge is -2.46. The average Bonchev–Trinajstić information content (AvgIpc) is 3.13. The van der Waals surface area contributed by atoms with E-state index in [2.05, 4.69) is 0 Å². The first kappa shape index (κ1) is 12.5. The monoisotopic (exact) mass is 270 g/mol. The zero-order valence-electron chi connectivity index (χ0n) is 10.6. The van der Waals surface area contributed by atoms with Gasteiger partial charge in [-0.2, -0.15) is 0 Å². The second-order valence-corrected chi connectivity index (χ2v) is 5.74. The van der Waals surface area contributed by atoms with Gasteiger partial charge in [0, 0.05) is 13.1 Å². The van der Waals surface area contributed by atoms with E-state index in [9.17, 15) is 14.7 Å². The summed E-state index contributed by atoms with van der Waals surface area (Å²) in [5.74, 6) is 0. The van der Waals surface area contributed by atoms with Gasteiger partial charge in [0.15, 0.2) is 0 Å². The summed E-state index contributed by atoms with van der Waals surface area (Å²) in [6, 6.07) is -0.231. The van der Waals surface area contributed by atoms with Crippen LogP contribution in [0.25, 0.3) is 0 Å². The molecule has 2 saturated heterocycles. The second kappa shape index (κ2) is 4.26. The van der Waals surface area contributed by atoms with E-state index >= 15 is 0 Å². The van der Waals surface area contributed by atoms with Crippen LogP contribution in [0.2, 0.25) is 0 Å². The van der Waals surface area contributed by atoms with Crippen LogP contribution >= 0.6 is 0 Å². The molecule has 0 aromatic carbocycles.